The van der Waals surface area contributed by atoms with Gasteiger partial charge in [0, 0.05) is 12.0 Å². The number of benzene rings is 2. The van der Waals surface area contributed by atoms with Crippen LogP contribution in [0.2, 0.25) is 0 Å². The molecule has 0 amide bonds. The van der Waals surface area contributed by atoms with Crippen molar-refractivity contribution in [2.45, 2.75) is 11.6 Å². The molecule has 2 aromatic carbocycles. The summed E-state index contributed by atoms with van der Waals surface area (Å²) in [6.45, 7) is 0. The summed E-state index contributed by atoms with van der Waals surface area (Å²) in [6, 6.07) is 13.5. The second-order valence-electron chi connectivity index (χ2n) is 5.34. The van der Waals surface area contributed by atoms with E-state index in [4.69, 9.17) is 4.74 Å². The van der Waals surface area contributed by atoms with Crippen molar-refractivity contribution < 1.29 is 9.84 Å². The standard InChI is InChI=1S/C18H17BrN4O2S/c1-25-14-9-8-13(16(19)17(14)24)11-20-23-15(21-22-18(23)26-2)10-12-6-4-3-5-7-12/h3-9,11,24H,10H2,1-2H3/b20-11-. The first-order valence-electron chi connectivity index (χ1n) is 7.76. The normalized spacial score (nSPS) is 11.2. The molecule has 0 aliphatic rings. The van der Waals surface area contributed by atoms with E-state index in [1.54, 1.807) is 17.0 Å². The Morgan fingerprint density at radius 3 is 2.69 bits per heavy atom. The van der Waals surface area contributed by atoms with E-state index in [0.29, 0.717) is 21.8 Å². The fourth-order valence-electron chi connectivity index (χ4n) is 2.37. The van der Waals surface area contributed by atoms with Gasteiger partial charge in [0.15, 0.2) is 17.3 Å². The molecule has 0 aliphatic heterocycles. The summed E-state index contributed by atoms with van der Waals surface area (Å²) in [5, 5.41) is 23.8. The lowest BCUT2D eigenvalue weighted by Gasteiger charge is -2.07. The number of rotatable bonds is 6. The van der Waals surface area contributed by atoms with Crippen LogP contribution in [0.4, 0.5) is 0 Å². The predicted molar refractivity (Wildman–Crippen MR) is 106 cm³/mol. The van der Waals surface area contributed by atoms with Crippen molar-refractivity contribution in [1.82, 2.24) is 14.9 Å². The Bertz CT molecular complexity index is 928. The third-order valence-corrected chi connectivity index (χ3v) is 5.16. The zero-order chi connectivity index (χ0) is 18.5. The van der Waals surface area contributed by atoms with Gasteiger partial charge in [-0.1, -0.05) is 42.1 Å². The number of hydrogen-bond acceptors (Lipinski definition) is 6. The summed E-state index contributed by atoms with van der Waals surface area (Å²) in [6.07, 6.45) is 4.21. The zero-order valence-electron chi connectivity index (χ0n) is 14.3. The second kappa shape index (κ2) is 8.37. The van der Waals surface area contributed by atoms with Crippen molar-refractivity contribution in [3.05, 3.63) is 63.9 Å². The van der Waals surface area contributed by atoms with Crippen LogP contribution in [0.5, 0.6) is 11.5 Å². The van der Waals surface area contributed by atoms with Gasteiger partial charge in [-0.25, -0.2) is 0 Å². The number of phenolic OH excluding ortho intramolecular Hbond substituents is 1. The minimum absolute atomic E-state index is 0.0369. The number of methoxy groups -OCH3 is 1. The van der Waals surface area contributed by atoms with Crippen molar-refractivity contribution in [3.8, 4) is 11.5 Å². The largest absolute Gasteiger partial charge is 0.503 e. The molecule has 0 bridgehead atoms. The Kier molecular flexibility index (Phi) is 5.95. The number of aromatic nitrogens is 3. The minimum atomic E-state index is 0.0369. The van der Waals surface area contributed by atoms with Gasteiger partial charge in [-0.05, 0) is 39.9 Å². The summed E-state index contributed by atoms with van der Waals surface area (Å²) in [7, 11) is 1.51. The van der Waals surface area contributed by atoms with E-state index in [1.807, 2.05) is 42.7 Å². The van der Waals surface area contributed by atoms with Gasteiger partial charge in [-0.3, -0.25) is 0 Å². The first-order valence-corrected chi connectivity index (χ1v) is 9.77. The van der Waals surface area contributed by atoms with Gasteiger partial charge in [0.25, 0.3) is 0 Å². The van der Waals surface area contributed by atoms with Crippen molar-refractivity contribution in [2.75, 3.05) is 13.4 Å². The van der Waals surface area contributed by atoms with E-state index in [-0.39, 0.29) is 5.75 Å². The summed E-state index contributed by atoms with van der Waals surface area (Å²) < 4.78 is 7.33. The first-order chi connectivity index (χ1) is 12.6. The van der Waals surface area contributed by atoms with Gasteiger partial charge < -0.3 is 9.84 Å². The highest BCUT2D eigenvalue weighted by molar-refractivity contribution is 9.10. The Hall–Kier alpha value is -2.32. The molecule has 8 heteroatoms. The van der Waals surface area contributed by atoms with Gasteiger partial charge in [0.1, 0.15) is 0 Å². The molecule has 6 nitrogen and oxygen atoms in total. The van der Waals surface area contributed by atoms with Gasteiger partial charge in [-0.2, -0.15) is 9.78 Å². The van der Waals surface area contributed by atoms with Crippen molar-refractivity contribution >= 4 is 33.9 Å². The molecule has 0 unspecified atom stereocenters. The van der Waals surface area contributed by atoms with E-state index in [2.05, 4.69) is 31.2 Å². The highest BCUT2D eigenvalue weighted by atomic mass is 79.9. The highest BCUT2D eigenvalue weighted by Gasteiger charge is 2.13. The SMILES string of the molecule is COc1ccc(/C=N\n2c(Cc3ccccc3)nnc2SC)c(Br)c1O. The van der Waals surface area contributed by atoms with Crippen LogP contribution in [-0.2, 0) is 6.42 Å². The topological polar surface area (TPSA) is 72.5 Å². The minimum Gasteiger partial charge on any atom is -0.503 e. The van der Waals surface area contributed by atoms with E-state index >= 15 is 0 Å². The maximum atomic E-state index is 10.1. The van der Waals surface area contributed by atoms with E-state index in [9.17, 15) is 5.11 Å². The zero-order valence-corrected chi connectivity index (χ0v) is 16.7. The molecule has 1 aromatic heterocycles. The molecule has 0 aliphatic carbocycles. The van der Waals surface area contributed by atoms with E-state index < -0.39 is 0 Å². The van der Waals surface area contributed by atoms with Gasteiger partial charge >= 0.3 is 0 Å². The van der Waals surface area contributed by atoms with Crippen LogP contribution in [-0.4, -0.2) is 39.6 Å². The molecule has 26 heavy (non-hydrogen) atoms. The fraction of sp³-hybridized carbons (Fsp3) is 0.167. The molecular formula is C18H17BrN4O2S. The van der Waals surface area contributed by atoms with Crippen LogP contribution in [0.15, 0.2) is 57.2 Å². The van der Waals surface area contributed by atoms with Crippen LogP contribution < -0.4 is 4.74 Å². The van der Waals surface area contributed by atoms with Crippen LogP contribution >= 0.6 is 27.7 Å². The molecule has 0 atom stereocenters. The molecule has 1 heterocycles. The third kappa shape index (κ3) is 3.91. The molecule has 0 fully saturated rings. The van der Waals surface area contributed by atoms with Crippen molar-refractivity contribution in [2.24, 2.45) is 5.10 Å². The lowest BCUT2D eigenvalue weighted by atomic mass is 10.1. The van der Waals surface area contributed by atoms with E-state index in [0.717, 1.165) is 17.0 Å². The van der Waals surface area contributed by atoms with Crippen molar-refractivity contribution in [3.63, 3.8) is 0 Å². The molecule has 0 saturated heterocycles. The monoisotopic (exact) mass is 432 g/mol. The van der Waals surface area contributed by atoms with Crippen LogP contribution in [0.3, 0.4) is 0 Å². The van der Waals surface area contributed by atoms with Gasteiger partial charge in [0.05, 0.1) is 17.8 Å². The van der Waals surface area contributed by atoms with Crippen LogP contribution in [0.1, 0.15) is 17.0 Å². The average molecular weight is 433 g/mol. The van der Waals surface area contributed by atoms with Crippen molar-refractivity contribution in [1.29, 1.82) is 0 Å². The molecule has 0 spiro atoms. The first kappa shape index (κ1) is 18.5. The number of hydrogen-bond donors (Lipinski definition) is 1. The number of ether oxygens (including phenoxy) is 1. The molecule has 3 aromatic rings. The van der Waals surface area contributed by atoms with Crippen LogP contribution in [0, 0.1) is 0 Å². The predicted octanol–water partition coefficient (Wildman–Crippen LogP) is 3.95. The number of phenols is 1. The lowest BCUT2D eigenvalue weighted by Crippen LogP contribution is -2.01. The number of nitrogens with zero attached hydrogens (tertiary/aromatic N) is 4. The van der Waals surface area contributed by atoms with Gasteiger partial charge in [0.2, 0.25) is 5.16 Å². The Balaban J connectivity index is 1.93. The number of halogens is 1. The molecule has 3 rings (SSSR count). The molecule has 134 valence electrons. The number of aromatic hydroxyl groups is 1. The maximum absolute atomic E-state index is 10.1. The molecule has 0 saturated carbocycles. The summed E-state index contributed by atoms with van der Waals surface area (Å²) in [4.78, 5) is 0. The lowest BCUT2D eigenvalue weighted by molar-refractivity contribution is 0.372. The summed E-state index contributed by atoms with van der Waals surface area (Å²) in [5.41, 5.74) is 1.85. The quantitative estimate of drug-likeness (QED) is 0.471. The fourth-order valence-corrected chi connectivity index (χ4v) is 3.25. The molecular weight excluding hydrogens is 416 g/mol. The summed E-state index contributed by atoms with van der Waals surface area (Å²) in [5.74, 6) is 1.17. The molecule has 1 N–H and O–H groups in total. The molecule has 0 radical (unpaired) electrons. The smallest absolute Gasteiger partial charge is 0.211 e. The summed E-state index contributed by atoms with van der Waals surface area (Å²) >= 11 is 4.85. The highest BCUT2D eigenvalue weighted by Crippen LogP contribution is 2.35. The van der Waals surface area contributed by atoms with Gasteiger partial charge in [-0.15, -0.1) is 10.2 Å². The maximum Gasteiger partial charge on any atom is 0.211 e. The Morgan fingerprint density at radius 1 is 1.23 bits per heavy atom. The Labute approximate surface area is 164 Å². The van der Waals surface area contributed by atoms with Crippen LogP contribution in [0.25, 0.3) is 0 Å². The Morgan fingerprint density at radius 2 is 2.00 bits per heavy atom. The third-order valence-electron chi connectivity index (χ3n) is 3.71. The average Bonchev–Trinajstić information content (AvgIpc) is 3.05. The number of thioether (sulfide) groups is 1. The van der Waals surface area contributed by atoms with E-state index in [1.165, 1.54) is 18.9 Å². The second-order valence-corrected chi connectivity index (χ2v) is 6.91.